The van der Waals surface area contributed by atoms with Crippen molar-refractivity contribution in [2.24, 2.45) is 5.92 Å². The summed E-state index contributed by atoms with van der Waals surface area (Å²) in [6, 6.07) is 4.79. The maximum atomic E-state index is 12.5. The average Bonchev–Trinajstić information content (AvgIpc) is 3.21. The van der Waals surface area contributed by atoms with Crippen molar-refractivity contribution in [1.82, 2.24) is 4.31 Å². The SMILES string of the molecule is C[C@@H]1C[C@@H]([C@@H]2CN2S(=O)(=O)c2ccccc2[N+](=O)[O-])OC1=O. The van der Waals surface area contributed by atoms with Crippen LogP contribution in [0.5, 0.6) is 0 Å². The number of benzene rings is 1. The maximum Gasteiger partial charge on any atom is 0.309 e. The number of hydrogen-bond acceptors (Lipinski definition) is 6. The molecule has 22 heavy (non-hydrogen) atoms. The third-order valence-electron chi connectivity index (χ3n) is 3.94. The van der Waals surface area contributed by atoms with Crippen molar-refractivity contribution < 1.29 is 22.9 Å². The number of esters is 1. The third kappa shape index (κ3) is 2.35. The highest BCUT2D eigenvalue weighted by Gasteiger charge is 2.54. The molecular weight excluding hydrogens is 312 g/mol. The number of ether oxygens (including phenoxy) is 1. The largest absolute Gasteiger partial charge is 0.460 e. The minimum absolute atomic E-state index is 0.207. The number of nitro benzene ring substituents is 1. The molecule has 3 rings (SSSR count). The van der Waals surface area contributed by atoms with E-state index in [-0.39, 0.29) is 23.3 Å². The number of nitrogens with zero attached hydrogens (tertiary/aromatic N) is 2. The van der Waals surface area contributed by atoms with Crippen LogP contribution in [0.4, 0.5) is 5.69 Å². The van der Waals surface area contributed by atoms with Crippen molar-refractivity contribution >= 4 is 21.7 Å². The highest BCUT2D eigenvalue weighted by molar-refractivity contribution is 7.89. The van der Waals surface area contributed by atoms with Crippen LogP contribution in [0.3, 0.4) is 0 Å². The lowest BCUT2D eigenvalue weighted by Crippen LogP contribution is -2.23. The fraction of sp³-hybridized carbons (Fsp3) is 0.462. The van der Waals surface area contributed by atoms with Crippen LogP contribution in [0.15, 0.2) is 29.2 Å². The molecule has 2 heterocycles. The Hall–Kier alpha value is -2.00. The summed E-state index contributed by atoms with van der Waals surface area (Å²) in [5.74, 6) is -0.582. The fourth-order valence-corrected chi connectivity index (χ4v) is 4.41. The van der Waals surface area contributed by atoms with Crippen LogP contribution in [0.1, 0.15) is 13.3 Å². The zero-order chi connectivity index (χ0) is 16.1. The number of para-hydroxylation sites is 1. The Bertz CT molecular complexity index is 747. The van der Waals surface area contributed by atoms with Gasteiger partial charge in [0.1, 0.15) is 6.10 Å². The molecule has 2 fully saturated rings. The summed E-state index contributed by atoms with van der Waals surface area (Å²) >= 11 is 0. The monoisotopic (exact) mass is 326 g/mol. The second-order valence-electron chi connectivity index (χ2n) is 5.48. The second kappa shape index (κ2) is 5.03. The van der Waals surface area contributed by atoms with Gasteiger partial charge in [0.2, 0.25) is 10.0 Å². The zero-order valence-corrected chi connectivity index (χ0v) is 12.5. The lowest BCUT2D eigenvalue weighted by atomic mass is 10.1. The first kappa shape index (κ1) is 14.9. The molecule has 1 aromatic rings. The fourth-order valence-electron chi connectivity index (χ4n) is 2.66. The van der Waals surface area contributed by atoms with Crippen molar-refractivity contribution in [3.05, 3.63) is 34.4 Å². The lowest BCUT2D eigenvalue weighted by molar-refractivity contribution is -0.387. The molecule has 0 amide bonds. The lowest BCUT2D eigenvalue weighted by Gasteiger charge is -2.10. The second-order valence-corrected chi connectivity index (χ2v) is 7.34. The predicted octanol–water partition coefficient (Wildman–Crippen LogP) is 0.919. The molecule has 0 spiro atoms. The van der Waals surface area contributed by atoms with E-state index in [1.807, 2.05) is 0 Å². The highest BCUT2D eigenvalue weighted by atomic mass is 32.2. The normalized spacial score (nSPS) is 30.9. The van der Waals surface area contributed by atoms with E-state index in [1.54, 1.807) is 6.92 Å². The van der Waals surface area contributed by atoms with Gasteiger partial charge in [-0.15, -0.1) is 0 Å². The Morgan fingerprint density at radius 1 is 1.36 bits per heavy atom. The first-order valence-electron chi connectivity index (χ1n) is 6.78. The minimum atomic E-state index is -3.96. The first-order chi connectivity index (χ1) is 10.3. The minimum Gasteiger partial charge on any atom is -0.460 e. The highest BCUT2D eigenvalue weighted by Crippen LogP contribution is 2.38. The van der Waals surface area contributed by atoms with Gasteiger partial charge in [-0.25, -0.2) is 8.42 Å². The number of sulfonamides is 1. The maximum absolute atomic E-state index is 12.5. The molecule has 4 atom stereocenters. The van der Waals surface area contributed by atoms with Crippen molar-refractivity contribution in [2.75, 3.05) is 6.54 Å². The summed E-state index contributed by atoms with van der Waals surface area (Å²) in [5, 5.41) is 11.0. The average molecular weight is 326 g/mol. The molecule has 0 radical (unpaired) electrons. The van der Waals surface area contributed by atoms with E-state index in [4.69, 9.17) is 4.74 Å². The first-order valence-corrected chi connectivity index (χ1v) is 8.22. The van der Waals surface area contributed by atoms with Gasteiger partial charge in [-0.05, 0) is 12.5 Å². The number of carbonyl (C=O) groups is 1. The molecule has 118 valence electrons. The van der Waals surface area contributed by atoms with E-state index in [1.165, 1.54) is 18.2 Å². The summed E-state index contributed by atoms with van der Waals surface area (Å²) in [6.45, 7) is 1.94. The number of carbonyl (C=O) groups excluding carboxylic acids is 1. The number of cyclic esters (lactones) is 1. The number of nitro groups is 1. The Morgan fingerprint density at radius 3 is 2.64 bits per heavy atom. The zero-order valence-electron chi connectivity index (χ0n) is 11.7. The van der Waals surface area contributed by atoms with Crippen molar-refractivity contribution in [3.63, 3.8) is 0 Å². The Labute approximate surface area is 126 Å². The van der Waals surface area contributed by atoms with Gasteiger partial charge in [0.25, 0.3) is 5.69 Å². The third-order valence-corrected chi connectivity index (χ3v) is 5.88. The molecule has 0 saturated carbocycles. The molecule has 2 aliphatic heterocycles. The van der Waals surface area contributed by atoms with E-state index >= 15 is 0 Å². The van der Waals surface area contributed by atoms with Gasteiger partial charge < -0.3 is 4.74 Å². The van der Waals surface area contributed by atoms with Gasteiger partial charge in [-0.3, -0.25) is 14.9 Å². The standard InChI is InChI=1S/C13H14N2O6S/c1-8-6-11(21-13(8)16)10-7-14(10)22(19,20)12-5-3-2-4-9(12)15(17)18/h2-5,8,10-11H,6-7H2,1H3/t8-,10+,11+,14?/m1/s1. The van der Waals surface area contributed by atoms with E-state index in [0.717, 1.165) is 10.4 Å². The molecule has 2 saturated heterocycles. The summed E-state index contributed by atoms with van der Waals surface area (Å²) in [6.07, 6.45) is -0.00750. The summed E-state index contributed by atoms with van der Waals surface area (Å²) in [4.78, 5) is 21.3. The molecular formula is C13H14N2O6S. The van der Waals surface area contributed by atoms with Crippen LogP contribution in [-0.2, 0) is 19.6 Å². The van der Waals surface area contributed by atoms with Gasteiger partial charge in [-0.1, -0.05) is 19.1 Å². The molecule has 1 aromatic carbocycles. The number of rotatable bonds is 4. The molecule has 0 aromatic heterocycles. The van der Waals surface area contributed by atoms with Crippen LogP contribution < -0.4 is 0 Å². The van der Waals surface area contributed by atoms with E-state index < -0.39 is 32.8 Å². The van der Waals surface area contributed by atoms with Gasteiger partial charge in [-0.2, -0.15) is 4.31 Å². The molecule has 0 aliphatic carbocycles. The van der Waals surface area contributed by atoms with Crippen LogP contribution in [-0.4, -0.2) is 42.3 Å². The van der Waals surface area contributed by atoms with Crippen molar-refractivity contribution in [1.29, 1.82) is 0 Å². The van der Waals surface area contributed by atoms with Gasteiger partial charge in [0.15, 0.2) is 4.90 Å². The van der Waals surface area contributed by atoms with Gasteiger partial charge in [0, 0.05) is 12.6 Å². The summed E-state index contributed by atoms with van der Waals surface area (Å²) in [5.41, 5.74) is -0.454. The van der Waals surface area contributed by atoms with E-state index in [2.05, 4.69) is 0 Å². The molecule has 8 nitrogen and oxygen atoms in total. The van der Waals surface area contributed by atoms with Crippen molar-refractivity contribution in [2.45, 2.75) is 30.4 Å². The molecule has 1 unspecified atom stereocenters. The van der Waals surface area contributed by atoms with E-state index in [0.29, 0.717) is 6.42 Å². The van der Waals surface area contributed by atoms with Crippen LogP contribution in [0.25, 0.3) is 0 Å². The molecule has 9 heteroatoms. The quantitative estimate of drug-likeness (QED) is 0.352. The van der Waals surface area contributed by atoms with Crippen LogP contribution in [0, 0.1) is 16.0 Å². The summed E-state index contributed by atoms with van der Waals surface area (Å²) in [7, 11) is -3.96. The summed E-state index contributed by atoms with van der Waals surface area (Å²) < 4.78 is 31.4. The Balaban J connectivity index is 1.85. The predicted molar refractivity (Wildman–Crippen MR) is 74.4 cm³/mol. The number of hydrogen-bond donors (Lipinski definition) is 0. The van der Waals surface area contributed by atoms with E-state index in [9.17, 15) is 23.3 Å². The smallest absolute Gasteiger partial charge is 0.309 e. The van der Waals surface area contributed by atoms with Crippen molar-refractivity contribution in [3.8, 4) is 0 Å². The Kier molecular flexibility index (Phi) is 3.41. The topological polar surface area (TPSA) is 107 Å². The van der Waals surface area contributed by atoms with Gasteiger partial charge >= 0.3 is 5.97 Å². The van der Waals surface area contributed by atoms with Crippen LogP contribution >= 0.6 is 0 Å². The molecule has 0 bridgehead atoms. The molecule has 2 aliphatic rings. The van der Waals surface area contributed by atoms with Crippen LogP contribution in [0.2, 0.25) is 0 Å². The molecule has 0 N–H and O–H groups in total. The Morgan fingerprint density at radius 2 is 2.05 bits per heavy atom. The van der Waals surface area contributed by atoms with Gasteiger partial charge in [0.05, 0.1) is 16.9 Å².